The Morgan fingerprint density at radius 3 is 2.35 bits per heavy atom. The minimum absolute atomic E-state index is 0.000290. The number of aliphatic hydroxyl groups is 1. The predicted molar refractivity (Wildman–Crippen MR) is 84.9 cm³/mol. The molecule has 2 aliphatic rings. The molecule has 2 N–H and O–H groups in total. The number of hydrogen-bond donors (Lipinski definition) is 2. The maximum atomic E-state index is 9.73. The second kappa shape index (κ2) is 6.33. The van der Waals surface area contributed by atoms with Crippen molar-refractivity contribution in [2.45, 2.75) is 71.4 Å². The molecule has 2 rings (SSSR count). The molecule has 118 valence electrons. The van der Waals surface area contributed by atoms with Crippen LogP contribution in [0.2, 0.25) is 0 Å². The first-order valence-electron chi connectivity index (χ1n) is 8.50. The smallest absolute Gasteiger partial charge is 0.0613 e. The molecule has 0 amide bonds. The van der Waals surface area contributed by atoms with Gasteiger partial charge in [0.15, 0.2) is 0 Å². The molecular formula is C17H34N2O. The quantitative estimate of drug-likeness (QED) is 0.832. The van der Waals surface area contributed by atoms with E-state index >= 15 is 0 Å². The third-order valence-corrected chi connectivity index (χ3v) is 5.71. The van der Waals surface area contributed by atoms with E-state index in [9.17, 15) is 5.11 Å². The van der Waals surface area contributed by atoms with Gasteiger partial charge in [-0.3, -0.25) is 0 Å². The summed E-state index contributed by atoms with van der Waals surface area (Å²) in [6.07, 6.45) is 6.17. The maximum Gasteiger partial charge on any atom is 0.0613 e. The number of nitrogens with zero attached hydrogens (tertiary/aromatic N) is 1. The van der Waals surface area contributed by atoms with Crippen molar-refractivity contribution in [1.82, 2.24) is 10.2 Å². The van der Waals surface area contributed by atoms with Gasteiger partial charge >= 0.3 is 0 Å². The van der Waals surface area contributed by atoms with E-state index in [0.29, 0.717) is 11.5 Å². The van der Waals surface area contributed by atoms with Crippen molar-refractivity contribution in [2.75, 3.05) is 26.2 Å². The van der Waals surface area contributed by atoms with Crippen LogP contribution in [-0.4, -0.2) is 47.8 Å². The highest BCUT2D eigenvalue weighted by Crippen LogP contribution is 2.38. The summed E-state index contributed by atoms with van der Waals surface area (Å²) in [5.41, 5.74) is 0.459. The minimum Gasteiger partial charge on any atom is -0.394 e. The molecule has 1 saturated heterocycles. The van der Waals surface area contributed by atoms with Crippen molar-refractivity contribution in [1.29, 1.82) is 0 Å². The summed E-state index contributed by atoms with van der Waals surface area (Å²) in [5.74, 6) is 0.872. The fourth-order valence-electron chi connectivity index (χ4n) is 4.28. The van der Waals surface area contributed by atoms with Gasteiger partial charge < -0.3 is 15.3 Å². The summed E-state index contributed by atoms with van der Waals surface area (Å²) < 4.78 is 0. The monoisotopic (exact) mass is 282 g/mol. The van der Waals surface area contributed by atoms with Gasteiger partial charge in [-0.15, -0.1) is 0 Å². The molecule has 0 aromatic carbocycles. The molecule has 3 nitrogen and oxygen atoms in total. The number of nitrogens with one attached hydrogen (secondary N) is 1. The van der Waals surface area contributed by atoms with E-state index in [2.05, 4.69) is 37.9 Å². The number of piperidine rings is 1. The van der Waals surface area contributed by atoms with Crippen molar-refractivity contribution in [2.24, 2.45) is 11.3 Å². The average molecular weight is 282 g/mol. The zero-order valence-corrected chi connectivity index (χ0v) is 13.9. The fraction of sp³-hybridized carbons (Fsp3) is 1.00. The Balaban J connectivity index is 1.86. The summed E-state index contributed by atoms with van der Waals surface area (Å²) >= 11 is 0. The number of likely N-dealkylation sites (tertiary alicyclic amines) is 1. The van der Waals surface area contributed by atoms with Gasteiger partial charge in [0.05, 0.1) is 6.61 Å². The van der Waals surface area contributed by atoms with Crippen molar-refractivity contribution in [3.05, 3.63) is 0 Å². The molecule has 1 saturated carbocycles. The Labute approximate surface area is 125 Å². The largest absolute Gasteiger partial charge is 0.394 e. The van der Waals surface area contributed by atoms with Crippen LogP contribution in [0.1, 0.15) is 59.8 Å². The van der Waals surface area contributed by atoms with Crippen LogP contribution in [-0.2, 0) is 0 Å². The molecule has 0 radical (unpaired) electrons. The Hall–Kier alpha value is -0.120. The van der Waals surface area contributed by atoms with Crippen molar-refractivity contribution >= 4 is 0 Å². The maximum absolute atomic E-state index is 9.73. The number of likely N-dealkylation sites (N-methyl/N-ethyl adjacent to an activating group) is 1. The summed E-state index contributed by atoms with van der Waals surface area (Å²) in [6.45, 7) is 13.0. The van der Waals surface area contributed by atoms with Crippen LogP contribution in [0.25, 0.3) is 0 Å². The van der Waals surface area contributed by atoms with Crippen LogP contribution in [0.3, 0.4) is 0 Å². The Morgan fingerprint density at radius 1 is 1.20 bits per heavy atom. The average Bonchev–Trinajstić information content (AvgIpc) is 2.83. The van der Waals surface area contributed by atoms with Crippen molar-refractivity contribution in [3.63, 3.8) is 0 Å². The molecule has 0 aromatic heterocycles. The van der Waals surface area contributed by atoms with E-state index in [1.54, 1.807) is 0 Å². The first-order chi connectivity index (χ1) is 9.40. The lowest BCUT2D eigenvalue weighted by molar-refractivity contribution is 0.0772. The predicted octanol–water partition coefficient (Wildman–Crippen LogP) is 2.64. The molecule has 20 heavy (non-hydrogen) atoms. The summed E-state index contributed by atoms with van der Waals surface area (Å²) in [7, 11) is 0. The standard InChI is InChI=1S/C17H34N2O/c1-5-18-17(13-20)9-6-15(12-17)19-10-7-14(8-11-19)16(2,3)4/h14-15,18,20H,5-13H2,1-4H3. The lowest BCUT2D eigenvalue weighted by atomic mass is 9.75. The van der Waals surface area contributed by atoms with Gasteiger partial charge in [0, 0.05) is 11.6 Å². The lowest BCUT2D eigenvalue weighted by Crippen LogP contribution is -2.49. The second-order valence-electron chi connectivity index (χ2n) is 8.04. The van der Waals surface area contributed by atoms with Gasteiger partial charge in [-0.25, -0.2) is 0 Å². The van der Waals surface area contributed by atoms with Gasteiger partial charge in [0.2, 0.25) is 0 Å². The molecule has 2 atom stereocenters. The van der Waals surface area contributed by atoms with E-state index in [1.165, 1.54) is 32.4 Å². The number of rotatable bonds is 4. The van der Waals surface area contributed by atoms with E-state index in [-0.39, 0.29) is 12.1 Å². The SMILES string of the molecule is CCNC1(CO)CCC(N2CCC(C(C)(C)C)CC2)C1. The Bertz CT molecular complexity index is 305. The highest BCUT2D eigenvalue weighted by atomic mass is 16.3. The summed E-state index contributed by atoms with van der Waals surface area (Å²) in [4.78, 5) is 2.69. The molecular weight excluding hydrogens is 248 g/mol. The van der Waals surface area contributed by atoms with Crippen LogP contribution in [0.15, 0.2) is 0 Å². The third kappa shape index (κ3) is 3.55. The van der Waals surface area contributed by atoms with Crippen LogP contribution in [0.5, 0.6) is 0 Å². The first-order valence-corrected chi connectivity index (χ1v) is 8.50. The van der Waals surface area contributed by atoms with E-state index in [1.807, 2.05) is 0 Å². The zero-order chi connectivity index (χ0) is 14.8. The fourth-order valence-corrected chi connectivity index (χ4v) is 4.28. The first kappa shape index (κ1) is 16.3. The topological polar surface area (TPSA) is 35.5 Å². The van der Waals surface area contributed by atoms with Crippen LogP contribution in [0, 0.1) is 11.3 Å². The number of aliphatic hydroxyl groups excluding tert-OH is 1. The van der Waals surface area contributed by atoms with Gasteiger partial charge in [0.25, 0.3) is 0 Å². The molecule has 2 fully saturated rings. The molecule has 0 aromatic rings. The highest BCUT2D eigenvalue weighted by molar-refractivity contribution is 5.00. The second-order valence-corrected chi connectivity index (χ2v) is 8.04. The van der Waals surface area contributed by atoms with Crippen LogP contribution >= 0.6 is 0 Å². The molecule has 3 heteroatoms. The molecule has 0 spiro atoms. The molecule has 1 heterocycles. The summed E-state index contributed by atoms with van der Waals surface area (Å²) in [5, 5.41) is 13.3. The van der Waals surface area contributed by atoms with E-state index < -0.39 is 0 Å². The molecule has 1 aliphatic heterocycles. The molecule has 0 bridgehead atoms. The van der Waals surface area contributed by atoms with Gasteiger partial charge in [-0.05, 0) is 63.1 Å². The summed E-state index contributed by atoms with van der Waals surface area (Å²) in [6, 6.07) is 0.683. The zero-order valence-electron chi connectivity index (χ0n) is 13.9. The van der Waals surface area contributed by atoms with Crippen LogP contribution in [0.4, 0.5) is 0 Å². The highest BCUT2D eigenvalue weighted by Gasteiger charge is 2.41. The Kier molecular flexibility index (Phi) is 5.14. The van der Waals surface area contributed by atoms with Gasteiger partial charge in [-0.1, -0.05) is 27.7 Å². The van der Waals surface area contributed by atoms with Crippen molar-refractivity contribution in [3.8, 4) is 0 Å². The minimum atomic E-state index is 0.000290. The van der Waals surface area contributed by atoms with Gasteiger partial charge in [-0.2, -0.15) is 0 Å². The van der Waals surface area contributed by atoms with E-state index in [0.717, 1.165) is 25.3 Å². The van der Waals surface area contributed by atoms with Crippen molar-refractivity contribution < 1.29 is 5.11 Å². The Morgan fingerprint density at radius 2 is 1.85 bits per heavy atom. The third-order valence-electron chi connectivity index (χ3n) is 5.71. The molecule has 2 unspecified atom stereocenters. The van der Waals surface area contributed by atoms with Gasteiger partial charge in [0.1, 0.15) is 0 Å². The van der Waals surface area contributed by atoms with Crippen LogP contribution < -0.4 is 5.32 Å². The molecule has 1 aliphatic carbocycles. The van der Waals surface area contributed by atoms with E-state index in [4.69, 9.17) is 0 Å². The normalized spacial score (nSPS) is 33.8. The number of hydrogen-bond acceptors (Lipinski definition) is 3. The lowest BCUT2D eigenvalue weighted by Gasteiger charge is -2.41.